The molecule has 0 unspecified atom stereocenters. The van der Waals surface area contributed by atoms with Crippen LogP contribution in [0.15, 0.2) is 72.4 Å². The van der Waals surface area contributed by atoms with Crippen molar-refractivity contribution < 1.29 is 28.9 Å². The number of nitrogens with one attached hydrogen (secondary N) is 1. The number of hydrogen-bond donors (Lipinski definition) is 2. The van der Waals surface area contributed by atoms with E-state index in [2.05, 4.69) is 4.98 Å². The number of amides is 1. The first-order valence-corrected chi connectivity index (χ1v) is 12.6. The van der Waals surface area contributed by atoms with Crippen LogP contribution in [0.5, 0.6) is 17.2 Å². The molecule has 0 aliphatic carbocycles. The highest BCUT2D eigenvalue weighted by molar-refractivity contribution is 6.46. The lowest BCUT2D eigenvalue weighted by Gasteiger charge is -2.25. The van der Waals surface area contributed by atoms with Gasteiger partial charge in [0.15, 0.2) is 11.5 Å². The summed E-state index contributed by atoms with van der Waals surface area (Å²) in [5, 5.41) is 12.4. The maximum Gasteiger partial charge on any atom is 0.295 e. The summed E-state index contributed by atoms with van der Waals surface area (Å²) in [6.45, 7) is 2.24. The van der Waals surface area contributed by atoms with Gasteiger partial charge in [0.05, 0.1) is 32.9 Å². The van der Waals surface area contributed by atoms with Crippen molar-refractivity contribution in [2.24, 2.45) is 0 Å². The molecule has 0 saturated carbocycles. The molecule has 5 rings (SSSR count). The Hall–Kier alpha value is -4.72. The smallest absolute Gasteiger partial charge is 0.295 e. The lowest BCUT2D eigenvalue weighted by atomic mass is 9.94. The molecule has 2 heterocycles. The molecule has 1 aliphatic rings. The summed E-state index contributed by atoms with van der Waals surface area (Å²) >= 11 is 0. The number of H-pyrrole nitrogens is 1. The van der Waals surface area contributed by atoms with E-state index in [1.165, 1.54) is 19.1 Å². The lowest BCUT2D eigenvalue weighted by molar-refractivity contribution is -0.139. The monoisotopic (exact) mass is 526 g/mol. The summed E-state index contributed by atoms with van der Waals surface area (Å²) in [4.78, 5) is 31.6. The molecule has 8 nitrogen and oxygen atoms in total. The lowest BCUT2D eigenvalue weighted by Crippen LogP contribution is -2.31. The number of hydrogen-bond acceptors (Lipinski definition) is 6. The third-order valence-corrected chi connectivity index (χ3v) is 7.19. The Morgan fingerprint density at radius 2 is 1.67 bits per heavy atom. The van der Waals surface area contributed by atoms with Gasteiger partial charge in [0.25, 0.3) is 11.7 Å². The zero-order valence-corrected chi connectivity index (χ0v) is 22.3. The zero-order chi connectivity index (χ0) is 27.7. The van der Waals surface area contributed by atoms with E-state index < -0.39 is 17.7 Å². The predicted octanol–water partition coefficient (Wildman–Crippen LogP) is 5.17. The minimum absolute atomic E-state index is 0.0386. The fourth-order valence-electron chi connectivity index (χ4n) is 5.08. The number of ketones is 1. The highest BCUT2D eigenvalue weighted by Crippen LogP contribution is 2.41. The molecule has 2 N–H and O–H groups in total. The first-order chi connectivity index (χ1) is 18.9. The maximum atomic E-state index is 13.4. The second kappa shape index (κ2) is 10.6. The van der Waals surface area contributed by atoms with Crippen molar-refractivity contribution >= 4 is 28.4 Å². The number of ether oxygens (including phenoxy) is 3. The minimum atomic E-state index is -0.751. The fraction of sp³-hybridized carbons (Fsp3) is 0.226. The largest absolute Gasteiger partial charge is 0.507 e. The maximum absolute atomic E-state index is 13.4. The minimum Gasteiger partial charge on any atom is -0.507 e. The van der Waals surface area contributed by atoms with E-state index >= 15 is 0 Å². The van der Waals surface area contributed by atoms with Crippen molar-refractivity contribution in [2.45, 2.75) is 19.4 Å². The van der Waals surface area contributed by atoms with Crippen molar-refractivity contribution in [1.29, 1.82) is 0 Å². The van der Waals surface area contributed by atoms with E-state index in [4.69, 9.17) is 14.2 Å². The number of fused-ring (bicyclic) bond motifs is 1. The van der Waals surface area contributed by atoms with Crippen LogP contribution in [0.1, 0.15) is 28.3 Å². The number of aromatic nitrogens is 1. The molecule has 4 aromatic rings. The van der Waals surface area contributed by atoms with Crippen LogP contribution >= 0.6 is 0 Å². The average Bonchev–Trinajstić information content (AvgIpc) is 3.48. The van der Waals surface area contributed by atoms with Gasteiger partial charge in [0.2, 0.25) is 0 Å². The molecule has 1 atom stereocenters. The standard InChI is InChI=1S/C31H30N2O6/c1-18-5-7-19(8-6-18)28-27(29(34)20-9-12-25(38-3)26(15-20)39-4)30(35)31(36)33(28)14-13-21-17-32-24-11-10-22(37-2)16-23(21)24/h5-12,15-17,28,32,34H,13-14H2,1-4H3/t28-/m0/s1. The van der Waals surface area contributed by atoms with Gasteiger partial charge in [-0.2, -0.15) is 0 Å². The van der Waals surface area contributed by atoms with Gasteiger partial charge >= 0.3 is 0 Å². The molecule has 1 aromatic heterocycles. The second-order valence-electron chi connectivity index (χ2n) is 9.45. The first-order valence-electron chi connectivity index (χ1n) is 12.6. The summed E-state index contributed by atoms with van der Waals surface area (Å²) in [6, 6.07) is 17.5. The highest BCUT2D eigenvalue weighted by Gasteiger charge is 2.46. The van der Waals surface area contributed by atoms with E-state index in [0.717, 1.165) is 33.3 Å². The van der Waals surface area contributed by atoms with E-state index in [9.17, 15) is 14.7 Å². The third-order valence-electron chi connectivity index (χ3n) is 7.19. The van der Waals surface area contributed by atoms with E-state index in [1.54, 1.807) is 25.3 Å². The first kappa shape index (κ1) is 25.9. The quantitative estimate of drug-likeness (QED) is 0.187. The van der Waals surface area contributed by atoms with Crippen molar-refractivity contribution in [1.82, 2.24) is 9.88 Å². The molecule has 1 aliphatic heterocycles. The van der Waals surface area contributed by atoms with Gasteiger partial charge in [-0.1, -0.05) is 29.8 Å². The number of carbonyl (C=O) groups excluding carboxylic acids is 2. The Morgan fingerprint density at radius 1 is 0.923 bits per heavy atom. The Balaban J connectivity index is 1.56. The number of aryl methyl sites for hydroxylation is 1. The predicted molar refractivity (Wildman–Crippen MR) is 148 cm³/mol. The Labute approximate surface area is 226 Å². The van der Waals surface area contributed by atoms with Gasteiger partial charge in [0, 0.05) is 29.2 Å². The number of likely N-dealkylation sites (tertiary alicyclic amines) is 1. The number of methoxy groups -OCH3 is 3. The summed E-state index contributed by atoms with van der Waals surface area (Å²) in [5.41, 5.74) is 4.12. The molecule has 8 heteroatoms. The zero-order valence-electron chi connectivity index (χ0n) is 22.3. The Morgan fingerprint density at radius 3 is 2.36 bits per heavy atom. The summed E-state index contributed by atoms with van der Waals surface area (Å²) in [5.74, 6) is -0.0246. The Kier molecular flexibility index (Phi) is 7.02. The topological polar surface area (TPSA) is 101 Å². The molecule has 3 aromatic carbocycles. The molecule has 1 amide bonds. The van der Waals surface area contributed by atoms with Crippen LogP contribution in [-0.2, 0) is 16.0 Å². The molecule has 0 radical (unpaired) electrons. The van der Waals surface area contributed by atoms with Crippen LogP contribution < -0.4 is 14.2 Å². The van der Waals surface area contributed by atoms with Gasteiger partial charge in [-0.25, -0.2) is 0 Å². The number of aliphatic hydroxyl groups excluding tert-OH is 1. The normalized spacial score (nSPS) is 16.6. The van der Waals surface area contributed by atoms with E-state index in [1.807, 2.05) is 55.6 Å². The van der Waals surface area contributed by atoms with Gasteiger partial charge in [-0.05, 0) is 60.9 Å². The van der Waals surface area contributed by atoms with Crippen LogP contribution in [0, 0.1) is 6.92 Å². The van der Waals surface area contributed by atoms with Gasteiger partial charge in [-0.15, -0.1) is 0 Å². The van der Waals surface area contributed by atoms with Gasteiger partial charge in [-0.3, -0.25) is 9.59 Å². The number of rotatable bonds is 8. The van der Waals surface area contributed by atoms with Crippen LogP contribution in [0.2, 0.25) is 0 Å². The molecular formula is C31H30N2O6. The van der Waals surface area contributed by atoms with Crippen LogP contribution in [0.25, 0.3) is 16.7 Å². The van der Waals surface area contributed by atoms with E-state index in [-0.39, 0.29) is 17.9 Å². The molecule has 1 saturated heterocycles. The second-order valence-corrected chi connectivity index (χ2v) is 9.45. The Bertz CT molecular complexity index is 1580. The SMILES string of the molecule is COc1ccc2[nH]cc(CCN3C(=O)C(=O)C(=C(O)c4ccc(OC)c(OC)c4)[C@@H]3c3ccc(C)cc3)c2c1. The third kappa shape index (κ3) is 4.69. The summed E-state index contributed by atoms with van der Waals surface area (Å²) in [7, 11) is 4.63. The number of aromatic amines is 1. The molecule has 0 spiro atoms. The molecular weight excluding hydrogens is 496 g/mol. The van der Waals surface area contributed by atoms with Crippen molar-refractivity contribution in [3.8, 4) is 17.2 Å². The van der Waals surface area contributed by atoms with E-state index in [0.29, 0.717) is 23.5 Å². The molecule has 200 valence electrons. The number of benzene rings is 3. The van der Waals surface area contributed by atoms with Gasteiger partial charge in [0.1, 0.15) is 11.5 Å². The fourth-order valence-corrected chi connectivity index (χ4v) is 5.08. The van der Waals surface area contributed by atoms with Crippen molar-refractivity contribution in [2.75, 3.05) is 27.9 Å². The molecule has 1 fully saturated rings. The number of Topliss-reactive ketones (excluding diaryl/α,β-unsaturated/α-hetero) is 1. The summed E-state index contributed by atoms with van der Waals surface area (Å²) in [6.07, 6.45) is 2.41. The molecule has 0 bridgehead atoms. The summed E-state index contributed by atoms with van der Waals surface area (Å²) < 4.78 is 16.1. The van der Waals surface area contributed by atoms with Crippen molar-refractivity contribution in [3.63, 3.8) is 0 Å². The van der Waals surface area contributed by atoms with Crippen LogP contribution in [0.3, 0.4) is 0 Å². The number of nitrogens with zero attached hydrogens (tertiary/aromatic N) is 1. The highest BCUT2D eigenvalue weighted by atomic mass is 16.5. The number of carbonyl (C=O) groups is 2. The van der Waals surface area contributed by atoms with Crippen LogP contribution in [0.4, 0.5) is 0 Å². The van der Waals surface area contributed by atoms with Crippen LogP contribution in [-0.4, -0.2) is 54.6 Å². The molecule has 39 heavy (non-hydrogen) atoms. The van der Waals surface area contributed by atoms with Gasteiger partial charge < -0.3 is 29.2 Å². The average molecular weight is 527 g/mol. The number of aliphatic hydroxyl groups is 1. The van der Waals surface area contributed by atoms with Crippen molar-refractivity contribution in [3.05, 3.63) is 94.7 Å².